The fraction of sp³-hybridized carbons (Fsp3) is 0.250. The van der Waals surface area contributed by atoms with Crippen LogP contribution in [0.25, 0.3) is 22.5 Å². The van der Waals surface area contributed by atoms with Crippen molar-refractivity contribution in [3.05, 3.63) is 71.1 Å². The number of amides is 2. The van der Waals surface area contributed by atoms with Gasteiger partial charge in [0.15, 0.2) is 5.84 Å². The Morgan fingerprint density at radius 3 is 2.66 bits per heavy atom. The van der Waals surface area contributed by atoms with Crippen LogP contribution in [0.2, 0.25) is 0 Å². The molecule has 0 radical (unpaired) electrons. The number of carbonyl (C=O) groups is 2. The number of aryl methyl sites for hydroxylation is 1. The van der Waals surface area contributed by atoms with E-state index in [-0.39, 0.29) is 23.7 Å². The number of hydrogen-bond acceptors (Lipinski definition) is 6. The van der Waals surface area contributed by atoms with Crippen LogP contribution in [-0.4, -0.2) is 68.6 Å². The van der Waals surface area contributed by atoms with Gasteiger partial charge in [0.25, 0.3) is 5.91 Å². The molecular weight excluding hydrogens is 500 g/mol. The van der Waals surface area contributed by atoms with Gasteiger partial charge in [-0.3, -0.25) is 15.0 Å². The Balaban J connectivity index is 1.27. The topological polar surface area (TPSA) is 103 Å². The number of amidine groups is 2. The zero-order valence-corrected chi connectivity index (χ0v) is 21.9. The van der Waals surface area contributed by atoms with Crippen molar-refractivity contribution < 1.29 is 14.3 Å². The van der Waals surface area contributed by atoms with Gasteiger partial charge in [0.1, 0.15) is 5.04 Å². The Hall–Kier alpha value is -4.02. The van der Waals surface area contributed by atoms with Crippen molar-refractivity contribution in [2.24, 2.45) is 10.1 Å². The molecule has 0 saturated carbocycles. The van der Waals surface area contributed by atoms with Gasteiger partial charge in [-0.15, -0.1) is 0 Å². The number of aliphatic imine (C=N–C) groups is 1. The highest BCUT2D eigenvalue weighted by atomic mass is 32.2. The number of hydrogen-bond donors (Lipinski definition) is 1. The fourth-order valence-corrected chi connectivity index (χ4v) is 5.84. The average molecular weight is 527 g/mol. The molecule has 3 aliphatic rings. The minimum atomic E-state index is -0.486. The summed E-state index contributed by atoms with van der Waals surface area (Å²) in [5.41, 5.74) is 4.00. The predicted octanol–water partition coefficient (Wildman–Crippen LogP) is 4.12. The number of hydrazone groups is 1. The number of thioether (sulfide) groups is 1. The number of nitrogens with zero attached hydrogens (tertiary/aromatic N) is 5. The lowest BCUT2D eigenvalue weighted by Gasteiger charge is -2.26. The number of rotatable bonds is 4. The van der Waals surface area contributed by atoms with Gasteiger partial charge in [0.2, 0.25) is 11.1 Å². The van der Waals surface area contributed by atoms with E-state index < -0.39 is 5.91 Å². The van der Waals surface area contributed by atoms with E-state index in [1.165, 1.54) is 10.4 Å². The molecule has 38 heavy (non-hydrogen) atoms. The summed E-state index contributed by atoms with van der Waals surface area (Å²) in [6.45, 7) is 6.19. The maximum absolute atomic E-state index is 13.0. The van der Waals surface area contributed by atoms with E-state index in [2.05, 4.69) is 45.0 Å². The molecule has 3 aromatic rings. The molecule has 1 aromatic heterocycles. The van der Waals surface area contributed by atoms with Crippen LogP contribution in [0, 0.1) is 19.3 Å². The van der Waals surface area contributed by atoms with Gasteiger partial charge in [-0.05, 0) is 66.2 Å². The molecule has 3 aliphatic heterocycles. The van der Waals surface area contributed by atoms with Crippen molar-refractivity contribution in [1.29, 1.82) is 5.41 Å². The zero-order chi connectivity index (χ0) is 26.4. The molecule has 10 heteroatoms. The van der Waals surface area contributed by atoms with Crippen molar-refractivity contribution >= 4 is 56.5 Å². The van der Waals surface area contributed by atoms with Crippen LogP contribution < -0.4 is 0 Å². The number of fused-ring (bicyclic) bond motifs is 2. The quantitative estimate of drug-likeness (QED) is 0.516. The third-order valence-corrected chi connectivity index (χ3v) is 7.83. The highest BCUT2D eigenvalue weighted by Gasteiger charge is 2.36. The fourth-order valence-electron chi connectivity index (χ4n) is 4.96. The van der Waals surface area contributed by atoms with Gasteiger partial charge in [0.05, 0.1) is 25.2 Å². The van der Waals surface area contributed by atoms with Gasteiger partial charge in [-0.1, -0.05) is 30.3 Å². The molecule has 6 rings (SSSR count). The Morgan fingerprint density at radius 2 is 1.87 bits per heavy atom. The van der Waals surface area contributed by atoms with Gasteiger partial charge in [-0.25, -0.2) is 0 Å². The molecule has 0 aliphatic carbocycles. The van der Waals surface area contributed by atoms with E-state index >= 15 is 0 Å². The van der Waals surface area contributed by atoms with Crippen molar-refractivity contribution in [3.8, 4) is 5.69 Å². The van der Waals surface area contributed by atoms with E-state index in [1.54, 1.807) is 11.0 Å². The maximum atomic E-state index is 13.0. The zero-order valence-electron chi connectivity index (χ0n) is 21.1. The molecule has 9 nitrogen and oxygen atoms in total. The van der Waals surface area contributed by atoms with Crippen molar-refractivity contribution in [2.45, 2.75) is 20.3 Å². The van der Waals surface area contributed by atoms with Crippen molar-refractivity contribution in [2.75, 3.05) is 26.3 Å². The first-order valence-corrected chi connectivity index (χ1v) is 13.2. The van der Waals surface area contributed by atoms with Crippen LogP contribution in [0.1, 0.15) is 23.4 Å². The highest BCUT2D eigenvalue weighted by Crippen LogP contribution is 2.31. The second kappa shape index (κ2) is 9.70. The lowest BCUT2D eigenvalue weighted by atomic mass is 10.1. The van der Waals surface area contributed by atoms with Gasteiger partial charge in [0, 0.05) is 30.2 Å². The molecule has 0 spiro atoms. The Bertz CT molecular complexity index is 1600. The first-order valence-electron chi connectivity index (χ1n) is 12.4. The Morgan fingerprint density at radius 1 is 1.11 bits per heavy atom. The van der Waals surface area contributed by atoms with Crippen LogP contribution in [0.4, 0.5) is 0 Å². The number of nitrogens with one attached hydrogen (secondary N) is 1. The number of carbonyl (C=O) groups excluding carboxylic acids is 2. The number of aromatic nitrogens is 1. The largest absolute Gasteiger partial charge is 0.378 e. The Kier molecular flexibility index (Phi) is 6.21. The van der Waals surface area contributed by atoms with E-state index in [1.807, 2.05) is 32.0 Å². The van der Waals surface area contributed by atoms with Crippen molar-refractivity contribution in [3.63, 3.8) is 0 Å². The minimum absolute atomic E-state index is 0.0446. The second-order valence-corrected chi connectivity index (χ2v) is 10.4. The van der Waals surface area contributed by atoms with Crippen LogP contribution in [0.5, 0.6) is 0 Å². The monoisotopic (exact) mass is 526 g/mol. The summed E-state index contributed by atoms with van der Waals surface area (Å²) >= 11 is 1.16. The summed E-state index contributed by atoms with van der Waals surface area (Å²) in [5.74, 6) is -0.577. The first-order chi connectivity index (χ1) is 18.4. The SMILES string of the molecule is Cc1cc(/C=C2/C(=N)N3N=C(CC(=O)N4CCOCC4)SC3=NC2=O)c(C)n1-c1ccc2ccccc2c1. The minimum Gasteiger partial charge on any atom is -0.378 e. The van der Waals surface area contributed by atoms with E-state index in [4.69, 9.17) is 10.1 Å². The molecule has 1 saturated heterocycles. The summed E-state index contributed by atoms with van der Waals surface area (Å²) < 4.78 is 7.46. The van der Waals surface area contributed by atoms with Gasteiger partial charge < -0.3 is 14.2 Å². The van der Waals surface area contributed by atoms with Gasteiger partial charge in [-0.2, -0.15) is 15.1 Å². The standard InChI is InChI=1S/C28H26N6O3S/c1-17-13-21(18(2)33(17)22-8-7-19-5-3-4-6-20(19)14-22)15-23-26(29)34-28(30-27(23)36)38-24(31-34)16-25(35)32-9-11-37-12-10-32/h3-8,13-15,29H,9-12,16H2,1-2H3/b23-15-,29-26?. The van der Waals surface area contributed by atoms with E-state index in [9.17, 15) is 9.59 Å². The molecule has 0 atom stereocenters. The smallest absolute Gasteiger partial charge is 0.283 e. The van der Waals surface area contributed by atoms with E-state index in [0.29, 0.717) is 36.5 Å². The number of ether oxygens (including phenoxy) is 1. The third kappa shape index (κ3) is 4.35. The van der Waals surface area contributed by atoms with Gasteiger partial charge >= 0.3 is 0 Å². The molecule has 2 amide bonds. The third-order valence-electron chi connectivity index (χ3n) is 6.92. The number of benzene rings is 2. The lowest BCUT2D eigenvalue weighted by Crippen LogP contribution is -2.41. The summed E-state index contributed by atoms with van der Waals surface area (Å²) in [6.07, 6.45) is 1.81. The summed E-state index contributed by atoms with van der Waals surface area (Å²) in [7, 11) is 0. The molecule has 1 fully saturated rings. The van der Waals surface area contributed by atoms with Crippen LogP contribution in [0.15, 0.2) is 64.2 Å². The summed E-state index contributed by atoms with van der Waals surface area (Å²) in [5, 5.41) is 17.7. The van der Waals surface area contributed by atoms with Crippen LogP contribution in [-0.2, 0) is 14.3 Å². The first kappa shape index (κ1) is 24.3. The average Bonchev–Trinajstić information content (AvgIpc) is 3.45. The second-order valence-electron chi connectivity index (χ2n) is 9.38. The molecular formula is C28H26N6O3S. The maximum Gasteiger partial charge on any atom is 0.283 e. The van der Waals surface area contributed by atoms with E-state index in [0.717, 1.165) is 39.8 Å². The molecule has 1 N–H and O–H groups in total. The molecule has 0 bridgehead atoms. The van der Waals surface area contributed by atoms with Crippen molar-refractivity contribution in [1.82, 2.24) is 14.5 Å². The molecule has 192 valence electrons. The lowest BCUT2D eigenvalue weighted by molar-refractivity contribution is -0.133. The Labute approximate surface area is 224 Å². The normalized spacial score (nSPS) is 18.7. The highest BCUT2D eigenvalue weighted by molar-refractivity contribution is 8.27. The summed E-state index contributed by atoms with van der Waals surface area (Å²) in [6, 6.07) is 16.6. The van der Waals surface area contributed by atoms with Crippen LogP contribution >= 0.6 is 11.8 Å². The molecule has 0 unspecified atom stereocenters. The molecule has 4 heterocycles. The summed E-state index contributed by atoms with van der Waals surface area (Å²) in [4.78, 5) is 31.6. The number of morpholine rings is 1. The van der Waals surface area contributed by atoms with Crippen LogP contribution in [0.3, 0.4) is 0 Å². The molecule has 2 aromatic carbocycles. The predicted molar refractivity (Wildman–Crippen MR) is 150 cm³/mol.